The molecular formula is C12H14N2O2S. The molecule has 0 amide bonds. The number of nitrogens with zero attached hydrogens (tertiary/aromatic N) is 2. The first-order valence-electron chi connectivity index (χ1n) is 5.54. The second kappa shape index (κ2) is 4.47. The average molecular weight is 250 g/mol. The van der Waals surface area contributed by atoms with E-state index in [2.05, 4.69) is 0 Å². The van der Waals surface area contributed by atoms with Crippen molar-refractivity contribution in [2.75, 3.05) is 7.05 Å². The number of hydrogen-bond acceptors (Lipinski definition) is 3. The van der Waals surface area contributed by atoms with E-state index in [1.807, 2.05) is 6.07 Å². The maximum Gasteiger partial charge on any atom is 0.244 e. The second-order valence-corrected chi connectivity index (χ2v) is 6.18. The Bertz CT molecular complexity index is 556. The molecule has 0 aliphatic heterocycles. The summed E-state index contributed by atoms with van der Waals surface area (Å²) in [6, 6.07) is 8.34. The third kappa shape index (κ3) is 2.06. The van der Waals surface area contributed by atoms with Gasteiger partial charge in [0.1, 0.15) is 6.07 Å². The molecule has 0 aromatic heterocycles. The van der Waals surface area contributed by atoms with Crippen LogP contribution in [0.25, 0.3) is 0 Å². The van der Waals surface area contributed by atoms with E-state index in [1.165, 1.54) is 16.4 Å². The summed E-state index contributed by atoms with van der Waals surface area (Å²) in [6.45, 7) is 0. The highest BCUT2D eigenvalue weighted by molar-refractivity contribution is 7.89. The molecule has 4 nitrogen and oxygen atoms in total. The fraction of sp³-hybridized carbons (Fsp3) is 0.417. The minimum absolute atomic E-state index is 0.0896. The number of hydrogen-bond donors (Lipinski definition) is 0. The standard InChI is InChI=1S/C12H14N2O2S/c1-14(11-6-4-7-11)17(15,16)12-8-3-2-5-10(12)9-13/h2-3,5,8,11H,4,6-7H2,1H3. The lowest BCUT2D eigenvalue weighted by Crippen LogP contribution is -2.41. The topological polar surface area (TPSA) is 61.2 Å². The third-order valence-corrected chi connectivity index (χ3v) is 5.22. The van der Waals surface area contributed by atoms with Crippen molar-refractivity contribution in [2.45, 2.75) is 30.2 Å². The third-order valence-electron chi connectivity index (χ3n) is 3.25. The highest BCUT2D eigenvalue weighted by atomic mass is 32.2. The molecule has 1 aliphatic rings. The molecule has 1 aromatic carbocycles. The van der Waals surface area contributed by atoms with Crippen molar-refractivity contribution in [3.05, 3.63) is 29.8 Å². The van der Waals surface area contributed by atoms with E-state index in [0.717, 1.165) is 19.3 Å². The van der Waals surface area contributed by atoms with Crippen molar-refractivity contribution >= 4 is 10.0 Å². The Morgan fingerprint density at radius 1 is 1.35 bits per heavy atom. The summed E-state index contributed by atoms with van der Waals surface area (Å²) in [6.07, 6.45) is 2.89. The molecule has 0 radical (unpaired) electrons. The van der Waals surface area contributed by atoms with Gasteiger partial charge in [-0.15, -0.1) is 0 Å². The highest BCUT2D eigenvalue weighted by Crippen LogP contribution is 2.29. The van der Waals surface area contributed by atoms with Crippen molar-refractivity contribution in [3.63, 3.8) is 0 Å². The summed E-state index contributed by atoms with van der Waals surface area (Å²) < 4.78 is 26.0. The number of benzene rings is 1. The minimum atomic E-state index is -3.53. The number of sulfonamides is 1. The first-order valence-corrected chi connectivity index (χ1v) is 6.98. The quantitative estimate of drug-likeness (QED) is 0.820. The fourth-order valence-corrected chi connectivity index (χ4v) is 3.44. The zero-order valence-electron chi connectivity index (χ0n) is 9.63. The Labute approximate surface area is 102 Å². The lowest BCUT2D eigenvalue weighted by atomic mass is 9.94. The van der Waals surface area contributed by atoms with Crippen LogP contribution in [-0.2, 0) is 10.0 Å². The van der Waals surface area contributed by atoms with Gasteiger partial charge in [0.2, 0.25) is 10.0 Å². The predicted molar refractivity (Wildman–Crippen MR) is 63.7 cm³/mol. The molecular weight excluding hydrogens is 236 g/mol. The van der Waals surface area contributed by atoms with Gasteiger partial charge in [-0.25, -0.2) is 8.42 Å². The van der Waals surface area contributed by atoms with E-state index in [1.54, 1.807) is 19.2 Å². The Kier molecular flexibility index (Phi) is 3.18. The summed E-state index contributed by atoms with van der Waals surface area (Å²) in [7, 11) is -1.94. The molecule has 1 saturated carbocycles. The van der Waals surface area contributed by atoms with Gasteiger partial charge in [-0.2, -0.15) is 9.57 Å². The maximum atomic E-state index is 12.3. The van der Waals surface area contributed by atoms with Crippen molar-refractivity contribution < 1.29 is 8.42 Å². The smallest absolute Gasteiger partial charge is 0.207 e. The zero-order valence-corrected chi connectivity index (χ0v) is 10.4. The largest absolute Gasteiger partial charge is 0.244 e. The molecule has 1 fully saturated rings. The van der Waals surface area contributed by atoms with Gasteiger partial charge >= 0.3 is 0 Å². The fourth-order valence-electron chi connectivity index (χ4n) is 1.89. The van der Waals surface area contributed by atoms with Crippen molar-refractivity contribution in [1.82, 2.24) is 4.31 Å². The van der Waals surface area contributed by atoms with Crippen LogP contribution in [0.4, 0.5) is 0 Å². The van der Waals surface area contributed by atoms with Crippen LogP contribution >= 0.6 is 0 Å². The van der Waals surface area contributed by atoms with Gasteiger partial charge in [-0.1, -0.05) is 18.6 Å². The first kappa shape index (κ1) is 12.1. The van der Waals surface area contributed by atoms with Crippen LogP contribution in [0, 0.1) is 11.3 Å². The van der Waals surface area contributed by atoms with Gasteiger partial charge in [0.25, 0.3) is 0 Å². The van der Waals surface area contributed by atoms with Crippen LogP contribution in [0.2, 0.25) is 0 Å². The lowest BCUT2D eigenvalue weighted by Gasteiger charge is -2.33. The Balaban J connectivity index is 2.41. The molecule has 0 atom stereocenters. The molecule has 17 heavy (non-hydrogen) atoms. The zero-order chi connectivity index (χ0) is 12.5. The minimum Gasteiger partial charge on any atom is -0.207 e. The number of rotatable bonds is 3. The molecule has 0 saturated heterocycles. The van der Waals surface area contributed by atoms with Crippen LogP contribution in [0.5, 0.6) is 0 Å². The van der Waals surface area contributed by atoms with Gasteiger partial charge < -0.3 is 0 Å². The summed E-state index contributed by atoms with van der Waals surface area (Å²) in [5.74, 6) is 0. The van der Waals surface area contributed by atoms with E-state index in [0.29, 0.717) is 0 Å². The molecule has 0 heterocycles. The van der Waals surface area contributed by atoms with E-state index < -0.39 is 10.0 Å². The van der Waals surface area contributed by atoms with E-state index >= 15 is 0 Å². The van der Waals surface area contributed by atoms with E-state index in [4.69, 9.17) is 5.26 Å². The van der Waals surface area contributed by atoms with E-state index in [-0.39, 0.29) is 16.5 Å². The van der Waals surface area contributed by atoms with Crippen LogP contribution in [0.1, 0.15) is 24.8 Å². The maximum absolute atomic E-state index is 12.3. The molecule has 90 valence electrons. The summed E-state index contributed by atoms with van der Waals surface area (Å²) in [5, 5.41) is 8.94. The summed E-state index contributed by atoms with van der Waals surface area (Å²) in [4.78, 5) is 0.108. The Morgan fingerprint density at radius 2 is 2.00 bits per heavy atom. The SMILES string of the molecule is CN(C1CCC1)S(=O)(=O)c1ccccc1C#N. The number of nitriles is 1. The monoisotopic (exact) mass is 250 g/mol. The normalized spacial score (nSPS) is 16.5. The molecule has 2 rings (SSSR count). The van der Waals surface area contributed by atoms with Crippen LogP contribution in [0.15, 0.2) is 29.2 Å². The summed E-state index contributed by atoms with van der Waals surface area (Å²) in [5.41, 5.74) is 0.207. The van der Waals surface area contributed by atoms with Crippen LogP contribution in [-0.4, -0.2) is 25.8 Å². The van der Waals surface area contributed by atoms with Gasteiger partial charge in [0.05, 0.1) is 10.5 Å². The molecule has 0 N–H and O–H groups in total. The molecule has 5 heteroatoms. The van der Waals surface area contributed by atoms with Crippen LogP contribution in [0.3, 0.4) is 0 Å². The molecule has 0 unspecified atom stereocenters. The molecule has 0 bridgehead atoms. The Hall–Kier alpha value is -1.38. The first-order chi connectivity index (χ1) is 8.07. The lowest BCUT2D eigenvalue weighted by molar-refractivity contribution is 0.249. The van der Waals surface area contributed by atoms with Gasteiger partial charge in [0, 0.05) is 13.1 Å². The van der Waals surface area contributed by atoms with E-state index in [9.17, 15) is 8.42 Å². The summed E-state index contributed by atoms with van der Waals surface area (Å²) >= 11 is 0. The highest BCUT2D eigenvalue weighted by Gasteiger charge is 2.32. The van der Waals surface area contributed by atoms with Crippen LogP contribution < -0.4 is 0 Å². The second-order valence-electron chi connectivity index (χ2n) is 4.21. The van der Waals surface area contributed by atoms with Gasteiger partial charge in [0.15, 0.2) is 0 Å². The molecule has 1 aliphatic carbocycles. The predicted octanol–water partition coefficient (Wildman–Crippen LogP) is 1.73. The molecule has 1 aromatic rings. The van der Waals surface area contributed by atoms with Gasteiger partial charge in [-0.3, -0.25) is 0 Å². The van der Waals surface area contributed by atoms with Gasteiger partial charge in [-0.05, 0) is 25.0 Å². The average Bonchev–Trinajstić information content (AvgIpc) is 2.26. The van der Waals surface area contributed by atoms with Crippen molar-refractivity contribution in [3.8, 4) is 6.07 Å². The molecule has 0 spiro atoms. The van der Waals surface area contributed by atoms with Crippen molar-refractivity contribution in [1.29, 1.82) is 5.26 Å². The Morgan fingerprint density at radius 3 is 2.53 bits per heavy atom. The van der Waals surface area contributed by atoms with Crippen molar-refractivity contribution in [2.24, 2.45) is 0 Å².